The molecular formula is C19H15ClN2O3S. The van der Waals surface area contributed by atoms with Crippen molar-refractivity contribution >= 4 is 39.8 Å². The lowest BCUT2D eigenvalue weighted by molar-refractivity contribution is 0.0603. The maximum atomic E-state index is 12.5. The Hall–Kier alpha value is -2.70. The highest BCUT2D eigenvalue weighted by Crippen LogP contribution is 2.41. The van der Waals surface area contributed by atoms with E-state index in [1.54, 1.807) is 24.3 Å². The van der Waals surface area contributed by atoms with E-state index < -0.39 is 5.97 Å². The molecule has 0 saturated carbocycles. The summed E-state index contributed by atoms with van der Waals surface area (Å²) in [6, 6.07) is 10.4. The molecule has 0 bridgehead atoms. The van der Waals surface area contributed by atoms with Gasteiger partial charge in [0.25, 0.3) is 5.91 Å². The Labute approximate surface area is 159 Å². The first-order valence-corrected chi connectivity index (χ1v) is 8.89. The molecule has 3 aromatic rings. The third-order valence-electron chi connectivity index (χ3n) is 3.76. The maximum Gasteiger partial charge on any atom is 0.341 e. The number of methoxy groups -OCH3 is 1. The first kappa shape index (κ1) is 18.1. The van der Waals surface area contributed by atoms with E-state index >= 15 is 0 Å². The summed E-state index contributed by atoms with van der Waals surface area (Å²) >= 11 is 7.41. The van der Waals surface area contributed by atoms with Crippen LogP contribution < -0.4 is 5.32 Å². The molecule has 7 heteroatoms. The van der Waals surface area contributed by atoms with Gasteiger partial charge in [0.1, 0.15) is 10.6 Å². The van der Waals surface area contributed by atoms with E-state index in [0.717, 1.165) is 10.4 Å². The molecule has 0 spiro atoms. The number of amides is 1. The molecule has 1 N–H and O–H groups in total. The van der Waals surface area contributed by atoms with Gasteiger partial charge in [-0.3, -0.25) is 9.78 Å². The molecule has 1 aromatic carbocycles. The number of nitrogens with zero attached hydrogens (tertiary/aromatic N) is 1. The summed E-state index contributed by atoms with van der Waals surface area (Å²) in [6.07, 6.45) is 3.07. The molecule has 0 saturated heterocycles. The van der Waals surface area contributed by atoms with Crippen LogP contribution in [0, 0.1) is 6.92 Å². The van der Waals surface area contributed by atoms with Gasteiger partial charge in [0.15, 0.2) is 0 Å². The molecule has 2 aromatic heterocycles. The van der Waals surface area contributed by atoms with E-state index in [4.69, 9.17) is 16.3 Å². The Morgan fingerprint density at radius 2 is 1.92 bits per heavy atom. The van der Waals surface area contributed by atoms with Crippen LogP contribution >= 0.6 is 22.9 Å². The zero-order valence-electron chi connectivity index (χ0n) is 14.1. The van der Waals surface area contributed by atoms with Crippen molar-refractivity contribution in [3.63, 3.8) is 0 Å². The van der Waals surface area contributed by atoms with Crippen LogP contribution in [-0.4, -0.2) is 24.0 Å². The molecule has 0 aliphatic rings. The third-order valence-corrected chi connectivity index (χ3v) is 5.01. The molecule has 0 aliphatic heterocycles. The zero-order chi connectivity index (χ0) is 18.7. The van der Waals surface area contributed by atoms with E-state index in [1.165, 1.54) is 30.8 Å². The molecule has 0 fully saturated rings. The summed E-state index contributed by atoms with van der Waals surface area (Å²) in [6.45, 7) is 1.88. The van der Waals surface area contributed by atoms with Crippen molar-refractivity contribution in [1.29, 1.82) is 0 Å². The van der Waals surface area contributed by atoms with Crippen molar-refractivity contribution in [2.75, 3.05) is 12.4 Å². The Bertz CT molecular complexity index is 970. The quantitative estimate of drug-likeness (QED) is 0.653. The number of aryl methyl sites for hydroxylation is 1. The number of nitrogens with one attached hydrogen (secondary N) is 1. The molecule has 0 aliphatic carbocycles. The van der Waals surface area contributed by atoms with Gasteiger partial charge in [-0.15, -0.1) is 11.3 Å². The fourth-order valence-corrected chi connectivity index (χ4v) is 3.85. The number of carbonyl (C=O) groups excluding carboxylic acids is 2. The van der Waals surface area contributed by atoms with Gasteiger partial charge in [0, 0.05) is 33.4 Å². The predicted molar refractivity (Wildman–Crippen MR) is 103 cm³/mol. The number of ether oxygens (including phenoxy) is 1. The topological polar surface area (TPSA) is 68.3 Å². The van der Waals surface area contributed by atoms with Crippen LogP contribution in [0.15, 0.2) is 48.8 Å². The highest BCUT2D eigenvalue weighted by atomic mass is 35.5. The smallest absolute Gasteiger partial charge is 0.341 e. The van der Waals surface area contributed by atoms with E-state index in [0.29, 0.717) is 26.7 Å². The van der Waals surface area contributed by atoms with Crippen LogP contribution in [0.5, 0.6) is 0 Å². The van der Waals surface area contributed by atoms with E-state index in [9.17, 15) is 9.59 Å². The summed E-state index contributed by atoms with van der Waals surface area (Å²) in [7, 11) is 1.31. The van der Waals surface area contributed by atoms with E-state index in [1.807, 2.05) is 19.1 Å². The predicted octanol–water partition coefficient (Wildman–Crippen LogP) is 4.81. The van der Waals surface area contributed by atoms with Gasteiger partial charge in [0.05, 0.1) is 7.11 Å². The van der Waals surface area contributed by atoms with Crippen LogP contribution in [0.4, 0.5) is 5.00 Å². The van der Waals surface area contributed by atoms with Crippen LogP contribution in [0.1, 0.15) is 25.6 Å². The lowest BCUT2D eigenvalue weighted by atomic mass is 10.0. The number of pyridine rings is 1. The van der Waals surface area contributed by atoms with Crippen molar-refractivity contribution in [2.24, 2.45) is 0 Å². The second-order valence-electron chi connectivity index (χ2n) is 5.43. The Kier molecular flexibility index (Phi) is 5.35. The molecule has 3 rings (SSSR count). The molecule has 132 valence electrons. The largest absolute Gasteiger partial charge is 0.465 e. The van der Waals surface area contributed by atoms with Crippen LogP contribution in [0.2, 0.25) is 5.02 Å². The second kappa shape index (κ2) is 7.68. The zero-order valence-corrected chi connectivity index (χ0v) is 15.6. The molecule has 0 unspecified atom stereocenters. The van der Waals surface area contributed by atoms with Crippen LogP contribution in [0.3, 0.4) is 0 Å². The Morgan fingerprint density at radius 1 is 1.19 bits per heavy atom. The molecule has 0 radical (unpaired) electrons. The minimum absolute atomic E-state index is 0.319. The first-order chi connectivity index (χ1) is 12.5. The second-order valence-corrected chi connectivity index (χ2v) is 7.09. The van der Waals surface area contributed by atoms with Gasteiger partial charge < -0.3 is 10.1 Å². The Balaban J connectivity index is 2.07. The average molecular weight is 387 g/mol. The highest BCUT2D eigenvalue weighted by molar-refractivity contribution is 7.17. The van der Waals surface area contributed by atoms with Crippen molar-refractivity contribution in [1.82, 2.24) is 4.98 Å². The highest BCUT2D eigenvalue weighted by Gasteiger charge is 2.25. The fourth-order valence-electron chi connectivity index (χ4n) is 2.60. The minimum Gasteiger partial charge on any atom is -0.465 e. The first-order valence-electron chi connectivity index (χ1n) is 7.70. The number of halogens is 1. The van der Waals surface area contributed by atoms with Gasteiger partial charge in [-0.05, 0) is 36.8 Å². The summed E-state index contributed by atoms with van der Waals surface area (Å²) in [5.41, 5.74) is 2.26. The summed E-state index contributed by atoms with van der Waals surface area (Å²) in [5, 5.41) is 3.80. The van der Waals surface area contributed by atoms with E-state index in [2.05, 4.69) is 10.3 Å². The number of hydrogen-bond donors (Lipinski definition) is 1. The van der Waals surface area contributed by atoms with Crippen LogP contribution in [0.25, 0.3) is 11.1 Å². The standard InChI is InChI=1S/C19H15ClN2O3S/c1-11-15(13-4-3-5-14(20)10-13)16(19(24)25-2)18(26-11)22-17(23)12-6-8-21-9-7-12/h3-10H,1-2H3,(H,22,23). The average Bonchev–Trinajstić information content (AvgIpc) is 2.97. The molecule has 26 heavy (non-hydrogen) atoms. The maximum absolute atomic E-state index is 12.5. The minimum atomic E-state index is -0.519. The summed E-state index contributed by atoms with van der Waals surface area (Å²) < 4.78 is 4.94. The van der Waals surface area contributed by atoms with Crippen molar-refractivity contribution in [3.8, 4) is 11.1 Å². The number of anilines is 1. The number of carbonyl (C=O) groups is 2. The fraction of sp³-hybridized carbons (Fsp3) is 0.105. The molecule has 1 amide bonds. The SMILES string of the molecule is COC(=O)c1c(NC(=O)c2ccncc2)sc(C)c1-c1cccc(Cl)c1. The Morgan fingerprint density at radius 3 is 2.58 bits per heavy atom. The number of rotatable bonds is 4. The number of aromatic nitrogens is 1. The van der Waals surface area contributed by atoms with Crippen LogP contribution in [-0.2, 0) is 4.74 Å². The molecule has 0 atom stereocenters. The van der Waals surface area contributed by atoms with Crippen molar-refractivity contribution in [3.05, 3.63) is 69.8 Å². The number of hydrogen-bond acceptors (Lipinski definition) is 5. The van der Waals surface area contributed by atoms with Gasteiger partial charge >= 0.3 is 5.97 Å². The number of thiophene rings is 1. The van der Waals surface area contributed by atoms with Gasteiger partial charge in [-0.2, -0.15) is 0 Å². The van der Waals surface area contributed by atoms with E-state index in [-0.39, 0.29) is 5.91 Å². The molecular weight excluding hydrogens is 372 g/mol. The van der Waals surface area contributed by atoms with Gasteiger partial charge in [-0.1, -0.05) is 23.7 Å². The normalized spacial score (nSPS) is 10.4. The summed E-state index contributed by atoms with van der Waals surface area (Å²) in [5.74, 6) is -0.842. The van der Waals surface area contributed by atoms with Crippen molar-refractivity contribution in [2.45, 2.75) is 6.92 Å². The van der Waals surface area contributed by atoms with Gasteiger partial charge in [0.2, 0.25) is 0 Å². The number of benzene rings is 1. The van der Waals surface area contributed by atoms with Gasteiger partial charge in [-0.25, -0.2) is 4.79 Å². The lowest BCUT2D eigenvalue weighted by Crippen LogP contribution is -2.14. The summed E-state index contributed by atoms with van der Waals surface area (Å²) in [4.78, 5) is 29.7. The third kappa shape index (κ3) is 3.61. The number of esters is 1. The molecule has 5 nitrogen and oxygen atoms in total. The molecule has 2 heterocycles. The van der Waals surface area contributed by atoms with Crippen molar-refractivity contribution < 1.29 is 14.3 Å². The lowest BCUT2D eigenvalue weighted by Gasteiger charge is -2.08. The monoisotopic (exact) mass is 386 g/mol.